The summed E-state index contributed by atoms with van der Waals surface area (Å²) in [6, 6.07) is 16.5. The summed E-state index contributed by atoms with van der Waals surface area (Å²) in [6.45, 7) is 2.56. The highest BCUT2D eigenvalue weighted by Gasteiger charge is 2.17. The van der Waals surface area contributed by atoms with Gasteiger partial charge < -0.3 is 9.47 Å². The lowest BCUT2D eigenvalue weighted by Gasteiger charge is -2.12. The predicted octanol–water partition coefficient (Wildman–Crippen LogP) is 5.17. The fourth-order valence-corrected chi connectivity index (χ4v) is 3.98. The Morgan fingerprint density at radius 3 is 2.45 bits per heavy atom. The first-order chi connectivity index (χ1) is 15.2. The quantitative estimate of drug-likeness (QED) is 0.355. The second kappa shape index (κ2) is 9.61. The molecular weight excluding hydrogens is 415 g/mol. The van der Waals surface area contributed by atoms with E-state index in [4.69, 9.17) is 9.47 Å². The van der Waals surface area contributed by atoms with Crippen LogP contribution in [0.15, 0.2) is 72.1 Å². The van der Waals surface area contributed by atoms with Crippen molar-refractivity contribution in [2.45, 2.75) is 17.8 Å². The number of ether oxygens (including phenoxy) is 2. The van der Waals surface area contributed by atoms with Gasteiger partial charge in [0.1, 0.15) is 5.75 Å². The monoisotopic (exact) mass is 436 g/mol. The van der Waals surface area contributed by atoms with E-state index < -0.39 is 0 Å². The second-order valence-electron chi connectivity index (χ2n) is 6.56. The van der Waals surface area contributed by atoms with Gasteiger partial charge in [0.15, 0.2) is 22.5 Å². The van der Waals surface area contributed by atoms with Crippen molar-refractivity contribution >= 4 is 11.8 Å². The molecule has 4 rings (SSSR count). The van der Waals surface area contributed by atoms with Crippen LogP contribution in [0.4, 0.5) is 4.39 Å². The van der Waals surface area contributed by atoms with E-state index in [0.29, 0.717) is 23.3 Å². The normalized spacial score (nSPS) is 10.8. The molecule has 0 aliphatic heterocycles. The highest BCUT2D eigenvalue weighted by Crippen LogP contribution is 2.31. The lowest BCUT2D eigenvalue weighted by Crippen LogP contribution is -2.00. The average molecular weight is 437 g/mol. The third kappa shape index (κ3) is 4.69. The van der Waals surface area contributed by atoms with Crippen molar-refractivity contribution in [3.63, 3.8) is 0 Å². The van der Waals surface area contributed by atoms with Crippen LogP contribution in [0.5, 0.6) is 11.5 Å². The topological polar surface area (TPSA) is 62.1 Å². The van der Waals surface area contributed by atoms with Gasteiger partial charge in [0.2, 0.25) is 0 Å². The van der Waals surface area contributed by atoms with E-state index in [1.165, 1.54) is 24.9 Å². The molecule has 2 heterocycles. The molecule has 0 aliphatic carbocycles. The Labute approximate surface area is 184 Å². The van der Waals surface area contributed by atoms with Crippen LogP contribution in [-0.2, 0) is 5.75 Å². The van der Waals surface area contributed by atoms with Crippen molar-refractivity contribution in [3.8, 4) is 28.6 Å². The third-order valence-electron chi connectivity index (χ3n) is 4.56. The zero-order chi connectivity index (χ0) is 21.6. The molecular formula is C23H21FN4O2S. The number of benzene rings is 2. The minimum atomic E-state index is -0.383. The SMILES string of the molecule is CCOc1ccc(-n2c(SCc3ccc(OC)c(F)c3)nnc2-c2ccncc2)cc1. The summed E-state index contributed by atoms with van der Waals surface area (Å²) in [6.07, 6.45) is 3.44. The average Bonchev–Trinajstić information content (AvgIpc) is 3.23. The number of hydrogen-bond acceptors (Lipinski definition) is 6. The maximum Gasteiger partial charge on any atom is 0.196 e. The lowest BCUT2D eigenvalue weighted by atomic mass is 10.2. The lowest BCUT2D eigenvalue weighted by molar-refractivity contribution is 0.340. The zero-order valence-corrected chi connectivity index (χ0v) is 18.0. The Morgan fingerprint density at radius 1 is 1.00 bits per heavy atom. The van der Waals surface area contributed by atoms with Crippen LogP contribution in [0.1, 0.15) is 12.5 Å². The van der Waals surface area contributed by atoms with Crippen LogP contribution >= 0.6 is 11.8 Å². The van der Waals surface area contributed by atoms with E-state index in [1.807, 2.05) is 54.0 Å². The number of hydrogen-bond donors (Lipinski definition) is 0. The highest BCUT2D eigenvalue weighted by molar-refractivity contribution is 7.98. The maximum absolute atomic E-state index is 14.1. The summed E-state index contributed by atoms with van der Waals surface area (Å²) in [5.41, 5.74) is 2.64. The molecule has 0 radical (unpaired) electrons. The van der Waals surface area contributed by atoms with Crippen molar-refractivity contribution in [2.24, 2.45) is 0 Å². The number of nitrogens with zero attached hydrogens (tertiary/aromatic N) is 4. The maximum atomic E-state index is 14.1. The number of methoxy groups -OCH3 is 1. The molecule has 0 fully saturated rings. The van der Waals surface area contributed by atoms with Crippen LogP contribution in [0, 0.1) is 5.82 Å². The van der Waals surface area contributed by atoms with Gasteiger partial charge >= 0.3 is 0 Å². The smallest absolute Gasteiger partial charge is 0.196 e. The van der Waals surface area contributed by atoms with E-state index in [-0.39, 0.29) is 11.6 Å². The summed E-state index contributed by atoms with van der Waals surface area (Å²) >= 11 is 1.48. The molecule has 0 unspecified atom stereocenters. The number of rotatable bonds is 8. The largest absolute Gasteiger partial charge is 0.494 e. The molecule has 0 N–H and O–H groups in total. The summed E-state index contributed by atoms with van der Waals surface area (Å²) in [5.74, 6) is 1.88. The van der Waals surface area contributed by atoms with Crippen molar-refractivity contribution in [3.05, 3.63) is 78.4 Å². The summed E-state index contributed by atoms with van der Waals surface area (Å²) in [7, 11) is 1.45. The fourth-order valence-electron chi connectivity index (χ4n) is 3.09. The minimum absolute atomic E-state index is 0.228. The fraction of sp³-hybridized carbons (Fsp3) is 0.174. The van der Waals surface area contributed by atoms with Crippen LogP contribution in [0.2, 0.25) is 0 Å². The van der Waals surface area contributed by atoms with Gasteiger partial charge in [0.05, 0.1) is 13.7 Å². The Hall–Kier alpha value is -3.39. The molecule has 2 aromatic carbocycles. The number of halogens is 1. The van der Waals surface area contributed by atoms with Gasteiger partial charge in [-0.05, 0) is 61.0 Å². The van der Waals surface area contributed by atoms with Crippen molar-refractivity contribution in [2.75, 3.05) is 13.7 Å². The van der Waals surface area contributed by atoms with Gasteiger partial charge in [-0.1, -0.05) is 17.8 Å². The van der Waals surface area contributed by atoms with E-state index in [1.54, 1.807) is 18.5 Å². The molecule has 0 aliphatic rings. The molecule has 158 valence electrons. The van der Waals surface area contributed by atoms with Gasteiger partial charge in [0, 0.05) is 29.4 Å². The number of thioether (sulfide) groups is 1. The number of aromatic nitrogens is 4. The molecule has 8 heteroatoms. The van der Waals surface area contributed by atoms with Crippen LogP contribution in [0.3, 0.4) is 0 Å². The van der Waals surface area contributed by atoms with E-state index in [2.05, 4.69) is 15.2 Å². The predicted molar refractivity (Wildman–Crippen MR) is 118 cm³/mol. The molecule has 0 atom stereocenters. The Morgan fingerprint density at radius 2 is 1.77 bits per heavy atom. The summed E-state index contributed by atoms with van der Waals surface area (Å²) in [4.78, 5) is 4.09. The van der Waals surface area contributed by atoms with E-state index in [0.717, 1.165) is 22.6 Å². The Balaban J connectivity index is 1.67. The van der Waals surface area contributed by atoms with Crippen molar-refractivity contribution in [1.82, 2.24) is 19.7 Å². The van der Waals surface area contributed by atoms with Crippen molar-refractivity contribution in [1.29, 1.82) is 0 Å². The summed E-state index contributed by atoms with van der Waals surface area (Å²) < 4.78 is 26.6. The van der Waals surface area contributed by atoms with Gasteiger partial charge in [0.25, 0.3) is 0 Å². The van der Waals surface area contributed by atoms with E-state index in [9.17, 15) is 4.39 Å². The molecule has 4 aromatic rings. The van der Waals surface area contributed by atoms with Crippen LogP contribution in [0.25, 0.3) is 17.1 Å². The van der Waals surface area contributed by atoms with Gasteiger partial charge in [-0.2, -0.15) is 0 Å². The molecule has 6 nitrogen and oxygen atoms in total. The molecule has 0 spiro atoms. The third-order valence-corrected chi connectivity index (χ3v) is 5.56. The van der Waals surface area contributed by atoms with E-state index >= 15 is 0 Å². The first-order valence-electron chi connectivity index (χ1n) is 9.74. The molecule has 31 heavy (non-hydrogen) atoms. The van der Waals surface area contributed by atoms with Crippen LogP contribution < -0.4 is 9.47 Å². The van der Waals surface area contributed by atoms with Crippen molar-refractivity contribution < 1.29 is 13.9 Å². The second-order valence-corrected chi connectivity index (χ2v) is 7.50. The zero-order valence-electron chi connectivity index (χ0n) is 17.2. The van der Waals surface area contributed by atoms with Gasteiger partial charge in [-0.25, -0.2) is 4.39 Å². The van der Waals surface area contributed by atoms with Crippen LogP contribution in [-0.4, -0.2) is 33.5 Å². The molecule has 0 amide bonds. The number of pyridine rings is 1. The standard InChI is InChI=1S/C23H21FN4O2S/c1-3-30-19-7-5-18(6-8-19)28-22(17-10-12-25-13-11-17)26-27-23(28)31-15-16-4-9-21(29-2)20(24)14-16/h4-14H,3,15H2,1-2H3. The first-order valence-corrected chi connectivity index (χ1v) is 10.7. The van der Waals surface area contributed by atoms with Gasteiger partial charge in [-0.3, -0.25) is 9.55 Å². The Kier molecular flexibility index (Phi) is 6.47. The molecule has 0 saturated heterocycles. The Bertz CT molecular complexity index is 1150. The highest BCUT2D eigenvalue weighted by atomic mass is 32.2. The first kappa shape index (κ1) is 20.9. The summed E-state index contributed by atoms with van der Waals surface area (Å²) in [5, 5.41) is 9.52. The van der Waals surface area contributed by atoms with Gasteiger partial charge in [-0.15, -0.1) is 10.2 Å². The molecule has 2 aromatic heterocycles. The molecule has 0 saturated carbocycles. The minimum Gasteiger partial charge on any atom is -0.494 e. The molecule has 0 bridgehead atoms.